The molecule has 0 saturated carbocycles. The average Bonchev–Trinajstić information content (AvgIpc) is 2.83. The summed E-state index contributed by atoms with van der Waals surface area (Å²) in [5.74, 6) is 0.331. The Kier molecular flexibility index (Phi) is 5.39. The predicted molar refractivity (Wildman–Crippen MR) is 86.2 cm³/mol. The summed E-state index contributed by atoms with van der Waals surface area (Å²) in [5.41, 5.74) is 1.25. The van der Waals surface area contributed by atoms with E-state index in [4.69, 9.17) is 4.18 Å². The van der Waals surface area contributed by atoms with Crippen molar-refractivity contribution in [2.45, 2.75) is 13.5 Å². The Hall–Kier alpha value is -1.37. The van der Waals surface area contributed by atoms with Gasteiger partial charge in [0.25, 0.3) is 0 Å². The average molecular weight is 325 g/mol. The van der Waals surface area contributed by atoms with E-state index < -0.39 is 10.1 Å². The monoisotopic (exact) mass is 325 g/mol. The zero-order valence-corrected chi connectivity index (χ0v) is 13.8. The molecule has 21 heavy (non-hydrogen) atoms. The minimum absolute atomic E-state index is 0.0250. The molecule has 0 N–H and O–H groups in total. The van der Waals surface area contributed by atoms with Gasteiger partial charge in [0.1, 0.15) is 5.75 Å². The van der Waals surface area contributed by atoms with E-state index in [1.54, 1.807) is 35.6 Å². The highest BCUT2D eigenvalue weighted by atomic mass is 32.2. The summed E-state index contributed by atoms with van der Waals surface area (Å²) >= 11 is 1.69. The van der Waals surface area contributed by atoms with Crippen LogP contribution in [0.3, 0.4) is 0 Å². The first kappa shape index (κ1) is 16.0. The fourth-order valence-corrected chi connectivity index (χ4v) is 3.83. The number of hydrogen-bond donors (Lipinski definition) is 0. The van der Waals surface area contributed by atoms with Crippen LogP contribution >= 0.6 is 11.3 Å². The molecule has 0 spiro atoms. The van der Waals surface area contributed by atoms with E-state index in [0.29, 0.717) is 12.3 Å². The van der Waals surface area contributed by atoms with Gasteiger partial charge in [-0.05, 0) is 43.1 Å². The highest BCUT2D eigenvalue weighted by Crippen LogP contribution is 2.17. The smallest absolute Gasteiger partial charge is 0.310 e. The molecule has 0 atom stereocenters. The van der Waals surface area contributed by atoms with Gasteiger partial charge in [0.15, 0.2) is 0 Å². The van der Waals surface area contributed by atoms with E-state index in [1.807, 2.05) is 23.4 Å². The van der Waals surface area contributed by atoms with Crippen LogP contribution in [-0.4, -0.2) is 32.7 Å². The molecule has 0 radical (unpaired) electrons. The molecule has 1 heterocycles. The van der Waals surface area contributed by atoms with Crippen LogP contribution in [0, 0.1) is 6.92 Å². The Bertz CT molecular complexity index is 665. The number of hydrogen-bond acceptors (Lipinski definition) is 5. The van der Waals surface area contributed by atoms with Gasteiger partial charge in [0, 0.05) is 18.0 Å². The van der Waals surface area contributed by atoms with E-state index in [0.717, 1.165) is 6.54 Å². The molecule has 0 saturated heterocycles. The van der Waals surface area contributed by atoms with Crippen molar-refractivity contribution >= 4 is 21.5 Å². The summed E-state index contributed by atoms with van der Waals surface area (Å²) in [6.45, 7) is 3.26. The maximum Gasteiger partial charge on any atom is 0.310 e. The van der Waals surface area contributed by atoms with Crippen molar-refractivity contribution in [1.82, 2.24) is 4.90 Å². The lowest BCUT2D eigenvalue weighted by atomic mass is 10.3. The Morgan fingerprint density at radius 2 is 1.90 bits per heavy atom. The molecule has 0 bridgehead atoms. The molecule has 2 aromatic rings. The van der Waals surface area contributed by atoms with Crippen LogP contribution in [0.4, 0.5) is 0 Å². The molecule has 4 nitrogen and oxygen atoms in total. The van der Waals surface area contributed by atoms with Gasteiger partial charge in [0.05, 0.1) is 5.75 Å². The first-order valence-electron chi connectivity index (χ1n) is 6.65. The van der Waals surface area contributed by atoms with Crippen LogP contribution in [0.15, 0.2) is 41.8 Å². The van der Waals surface area contributed by atoms with Gasteiger partial charge in [-0.25, -0.2) is 0 Å². The second-order valence-corrected chi connectivity index (χ2v) is 7.61. The van der Waals surface area contributed by atoms with E-state index in [2.05, 4.69) is 13.0 Å². The Morgan fingerprint density at radius 3 is 2.52 bits per heavy atom. The third kappa shape index (κ3) is 5.15. The second-order valence-electron chi connectivity index (χ2n) is 4.92. The van der Waals surface area contributed by atoms with Gasteiger partial charge in [-0.15, -0.1) is 11.3 Å². The Labute approximate surface area is 130 Å². The van der Waals surface area contributed by atoms with Crippen molar-refractivity contribution in [1.29, 1.82) is 0 Å². The molecule has 0 unspecified atom stereocenters. The molecular formula is C15H19NO3S2. The molecule has 1 aromatic heterocycles. The summed E-state index contributed by atoms with van der Waals surface area (Å²) in [6, 6.07) is 10.7. The molecule has 114 valence electrons. The highest BCUT2D eigenvalue weighted by Gasteiger charge is 2.14. The van der Waals surface area contributed by atoms with Crippen molar-refractivity contribution in [3.05, 3.63) is 52.2 Å². The lowest BCUT2D eigenvalue weighted by molar-refractivity contribution is 0.344. The first-order chi connectivity index (χ1) is 9.96. The Balaban J connectivity index is 1.85. The molecule has 0 fully saturated rings. The third-order valence-electron chi connectivity index (χ3n) is 3.07. The van der Waals surface area contributed by atoms with E-state index in [1.165, 1.54) is 10.4 Å². The van der Waals surface area contributed by atoms with Crippen LogP contribution in [0.1, 0.15) is 10.4 Å². The van der Waals surface area contributed by atoms with Crippen LogP contribution in [0.25, 0.3) is 0 Å². The molecule has 0 aliphatic heterocycles. The summed E-state index contributed by atoms with van der Waals surface area (Å²) in [5, 5.41) is 2.05. The zero-order valence-electron chi connectivity index (χ0n) is 12.2. The van der Waals surface area contributed by atoms with Crippen LogP contribution in [0.2, 0.25) is 0 Å². The standard InChI is InChI=1S/C15H19NO3S2/c1-13-8-10-20-15(13)12-16(2)9-11-21(17,18)19-14-6-4-3-5-7-14/h3-8,10H,9,11-12H2,1-2H3. The van der Waals surface area contributed by atoms with Gasteiger partial charge in [-0.2, -0.15) is 8.42 Å². The number of aryl methyl sites for hydroxylation is 1. The normalized spacial score (nSPS) is 11.8. The maximum atomic E-state index is 11.9. The van der Waals surface area contributed by atoms with Crippen LogP contribution < -0.4 is 4.18 Å². The lowest BCUT2D eigenvalue weighted by Crippen LogP contribution is -2.27. The van der Waals surface area contributed by atoms with Crippen molar-refractivity contribution in [2.75, 3.05) is 19.3 Å². The van der Waals surface area contributed by atoms with Crippen LogP contribution in [0.5, 0.6) is 5.75 Å². The van der Waals surface area contributed by atoms with Gasteiger partial charge >= 0.3 is 10.1 Å². The SMILES string of the molecule is Cc1ccsc1CN(C)CCS(=O)(=O)Oc1ccccc1. The topological polar surface area (TPSA) is 46.6 Å². The van der Waals surface area contributed by atoms with Gasteiger partial charge < -0.3 is 9.08 Å². The van der Waals surface area contributed by atoms with Crippen molar-refractivity contribution in [2.24, 2.45) is 0 Å². The fraction of sp³-hybridized carbons (Fsp3) is 0.333. The second kappa shape index (κ2) is 7.06. The fourth-order valence-electron chi connectivity index (χ4n) is 1.82. The molecule has 2 rings (SSSR count). The number of nitrogens with zero attached hydrogens (tertiary/aromatic N) is 1. The predicted octanol–water partition coefficient (Wildman–Crippen LogP) is 2.90. The van der Waals surface area contributed by atoms with E-state index in [9.17, 15) is 8.42 Å². The van der Waals surface area contributed by atoms with E-state index >= 15 is 0 Å². The summed E-state index contributed by atoms with van der Waals surface area (Å²) in [6.07, 6.45) is 0. The van der Waals surface area contributed by atoms with Gasteiger partial charge in [-0.1, -0.05) is 18.2 Å². The zero-order chi connectivity index (χ0) is 15.3. The highest BCUT2D eigenvalue weighted by molar-refractivity contribution is 7.87. The molecule has 1 aromatic carbocycles. The van der Waals surface area contributed by atoms with Crippen LogP contribution in [-0.2, 0) is 16.7 Å². The quantitative estimate of drug-likeness (QED) is 0.734. The number of rotatable bonds is 7. The number of para-hydroxylation sites is 1. The Morgan fingerprint density at radius 1 is 1.19 bits per heavy atom. The minimum atomic E-state index is -3.56. The van der Waals surface area contributed by atoms with Crippen molar-refractivity contribution < 1.29 is 12.6 Å². The van der Waals surface area contributed by atoms with Crippen molar-refractivity contribution in [3.8, 4) is 5.75 Å². The van der Waals surface area contributed by atoms with E-state index in [-0.39, 0.29) is 5.75 Å². The first-order valence-corrected chi connectivity index (χ1v) is 9.11. The minimum Gasteiger partial charge on any atom is -0.382 e. The summed E-state index contributed by atoms with van der Waals surface area (Å²) < 4.78 is 28.9. The number of benzene rings is 1. The molecule has 0 aliphatic carbocycles. The van der Waals surface area contributed by atoms with Gasteiger partial charge in [-0.3, -0.25) is 0 Å². The number of thiophene rings is 1. The maximum absolute atomic E-state index is 11.9. The summed E-state index contributed by atoms with van der Waals surface area (Å²) in [7, 11) is -1.64. The molecule has 0 amide bonds. The molecular weight excluding hydrogens is 306 g/mol. The van der Waals surface area contributed by atoms with Crippen molar-refractivity contribution in [3.63, 3.8) is 0 Å². The summed E-state index contributed by atoms with van der Waals surface area (Å²) in [4.78, 5) is 3.25. The largest absolute Gasteiger partial charge is 0.382 e. The lowest BCUT2D eigenvalue weighted by Gasteiger charge is -2.16. The molecule has 0 aliphatic rings. The third-order valence-corrected chi connectivity index (χ3v) is 5.21. The molecule has 6 heteroatoms. The van der Waals surface area contributed by atoms with Gasteiger partial charge in [0.2, 0.25) is 0 Å².